The Kier molecular flexibility index (Phi) is 4.93. The van der Waals surface area contributed by atoms with Crippen LogP contribution in [0.4, 0.5) is 10.5 Å². The fourth-order valence-electron chi connectivity index (χ4n) is 2.20. The van der Waals surface area contributed by atoms with Crippen molar-refractivity contribution in [3.05, 3.63) is 36.5 Å². The summed E-state index contributed by atoms with van der Waals surface area (Å²) in [6.07, 6.45) is 1.26. The number of nitrogens with zero attached hydrogens (tertiary/aromatic N) is 2. The summed E-state index contributed by atoms with van der Waals surface area (Å²) in [5.41, 5.74) is 1.28. The molecule has 0 spiro atoms. The van der Waals surface area contributed by atoms with E-state index in [-0.39, 0.29) is 0 Å². The summed E-state index contributed by atoms with van der Waals surface area (Å²) in [4.78, 5) is 17.8. The Balaban J connectivity index is 2.11. The molecule has 1 aliphatic rings. The van der Waals surface area contributed by atoms with Gasteiger partial charge in [0.05, 0.1) is 5.69 Å². The summed E-state index contributed by atoms with van der Waals surface area (Å²) < 4.78 is 10.9. The molecule has 1 N–H and O–H groups in total. The van der Waals surface area contributed by atoms with Gasteiger partial charge in [-0.05, 0) is 38.5 Å². The molecule has 0 bridgehead atoms. The summed E-state index contributed by atoms with van der Waals surface area (Å²) in [5, 5.41) is 2.74. The predicted molar refractivity (Wildman–Crippen MR) is 91.0 cm³/mol. The normalized spacial score (nSPS) is 15.7. The topological polar surface area (TPSA) is 63.2 Å². The number of alkyl carbamates (subject to hydrolysis) is 1. The third-order valence-corrected chi connectivity index (χ3v) is 3.19. The lowest BCUT2D eigenvalue weighted by Gasteiger charge is -2.29. The van der Waals surface area contributed by atoms with Crippen LogP contribution in [0.25, 0.3) is 0 Å². The molecule has 2 rings (SSSR count). The van der Waals surface area contributed by atoms with E-state index in [0.717, 1.165) is 22.8 Å². The number of benzene rings is 1. The Morgan fingerprint density at radius 1 is 1.52 bits per heavy atom. The van der Waals surface area contributed by atoms with Crippen molar-refractivity contribution in [2.75, 3.05) is 18.6 Å². The van der Waals surface area contributed by atoms with Gasteiger partial charge in [0.25, 0.3) is 0 Å². The summed E-state index contributed by atoms with van der Waals surface area (Å²) in [5.74, 6) is 1.54. The fourth-order valence-corrected chi connectivity index (χ4v) is 2.20. The highest BCUT2D eigenvalue weighted by Crippen LogP contribution is 2.33. The molecule has 0 fully saturated rings. The van der Waals surface area contributed by atoms with Crippen molar-refractivity contribution in [2.24, 2.45) is 4.99 Å². The number of fused-ring (bicyclic) bond motifs is 1. The highest BCUT2D eigenvalue weighted by Gasteiger charge is 2.22. The fraction of sp³-hybridized carbons (Fsp3) is 0.412. The molecular formula is C17H23N3O3. The van der Waals surface area contributed by atoms with E-state index in [1.54, 1.807) is 13.2 Å². The molecule has 0 radical (unpaired) electrons. The molecule has 1 aliphatic heterocycles. The van der Waals surface area contributed by atoms with Gasteiger partial charge < -0.3 is 14.8 Å². The van der Waals surface area contributed by atoms with Gasteiger partial charge in [0.2, 0.25) is 0 Å². The first-order valence-corrected chi connectivity index (χ1v) is 7.44. The van der Waals surface area contributed by atoms with E-state index in [4.69, 9.17) is 9.47 Å². The standard InChI is InChI=1S/C17H23N3O3/c1-6-20-13-9-12(10-19-16(21)23-17(2,3)4)7-8-14(13)22-11-15(20)18-5/h6-9H,1,10-11H2,2-5H3,(H,19,21). The zero-order valence-electron chi connectivity index (χ0n) is 14.0. The van der Waals surface area contributed by atoms with Crippen molar-refractivity contribution < 1.29 is 14.3 Å². The second kappa shape index (κ2) is 6.73. The van der Waals surface area contributed by atoms with Gasteiger partial charge in [0, 0.05) is 19.8 Å². The predicted octanol–water partition coefficient (Wildman–Crippen LogP) is 3.08. The summed E-state index contributed by atoms with van der Waals surface area (Å²) >= 11 is 0. The maximum atomic E-state index is 11.7. The van der Waals surface area contributed by atoms with E-state index in [1.165, 1.54) is 0 Å². The van der Waals surface area contributed by atoms with Gasteiger partial charge in [-0.2, -0.15) is 0 Å². The lowest BCUT2D eigenvalue weighted by Crippen LogP contribution is -2.35. The smallest absolute Gasteiger partial charge is 0.407 e. The van der Waals surface area contributed by atoms with Gasteiger partial charge in [-0.15, -0.1) is 0 Å². The van der Waals surface area contributed by atoms with Gasteiger partial charge >= 0.3 is 6.09 Å². The zero-order chi connectivity index (χ0) is 17.0. The first-order chi connectivity index (χ1) is 10.8. The number of carbonyl (C=O) groups is 1. The monoisotopic (exact) mass is 317 g/mol. The molecule has 1 aromatic carbocycles. The van der Waals surface area contributed by atoms with Crippen LogP contribution in [0.3, 0.4) is 0 Å². The Morgan fingerprint density at radius 3 is 2.87 bits per heavy atom. The minimum atomic E-state index is -0.514. The van der Waals surface area contributed by atoms with E-state index < -0.39 is 11.7 Å². The van der Waals surface area contributed by atoms with Crippen LogP contribution in [0.2, 0.25) is 0 Å². The minimum absolute atomic E-state index is 0.367. The Morgan fingerprint density at radius 2 is 2.26 bits per heavy atom. The van der Waals surface area contributed by atoms with Crippen LogP contribution in [-0.2, 0) is 11.3 Å². The number of carbonyl (C=O) groups excluding carboxylic acids is 1. The lowest BCUT2D eigenvalue weighted by molar-refractivity contribution is 0.0523. The number of ether oxygens (including phenoxy) is 2. The molecule has 6 heteroatoms. The van der Waals surface area contributed by atoms with Gasteiger partial charge in [0.1, 0.15) is 23.8 Å². The molecule has 1 amide bonds. The van der Waals surface area contributed by atoms with Crippen LogP contribution in [0.1, 0.15) is 26.3 Å². The molecule has 0 unspecified atom stereocenters. The van der Waals surface area contributed by atoms with E-state index in [2.05, 4.69) is 16.9 Å². The molecule has 0 saturated heterocycles. The minimum Gasteiger partial charge on any atom is -0.483 e. The average molecular weight is 317 g/mol. The first kappa shape index (κ1) is 16.9. The van der Waals surface area contributed by atoms with Crippen LogP contribution < -0.4 is 15.0 Å². The SMILES string of the molecule is C=CN1C(=NC)COc2ccc(CNC(=O)OC(C)(C)C)cc21. The van der Waals surface area contributed by atoms with Crippen LogP contribution in [0.5, 0.6) is 5.75 Å². The van der Waals surface area contributed by atoms with Crippen molar-refractivity contribution in [1.82, 2.24) is 5.32 Å². The van der Waals surface area contributed by atoms with Crippen LogP contribution >= 0.6 is 0 Å². The molecule has 0 aliphatic carbocycles. The second-order valence-electron chi connectivity index (χ2n) is 6.14. The summed E-state index contributed by atoms with van der Waals surface area (Å²) in [6, 6.07) is 5.73. The molecule has 1 heterocycles. The average Bonchev–Trinajstić information content (AvgIpc) is 2.49. The number of anilines is 1. The number of aliphatic imine (C=N–C) groups is 1. The van der Waals surface area contributed by atoms with Gasteiger partial charge in [-0.25, -0.2) is 4.79 Å². The highest BCUT2D eigenvalue weighted by atomic mass is 16.6. The van der Waals surface area contributed by atoms with E-state index in [0.29, 0.717) is 13.2 Å². The van der Waals surface area contributed by atoms with Crippen molar-refractivity contribution in [1.29, 1.82) is 0 Å². The number of nitrogens with one attached hydrogen (secondary N) is 1. The summed E-state index contributed by atoms with van der Waals surface area (Å²) in [7, 11) is 1.72. The van der Waals surface area contributed by atoms with Gasteiger partial charge in [0.15, 0.2) is 0 Å². The Labute approximate surface area is 136 Å². The van der Waals surface area contributed by atoms with Crippen LogP contribution in [-0.4, -0.2) is 31.2 Å². The Bertz CT molecular complexity index is 632. The number of amides is 1. The molecule has 0 aromatic heterocycles. The molecule has 0 saturated carbocycles. The highest BCUT2D eigenvalue weighted by molar-refractivity contribution is 6.03. The van der Waals surface area contributed by atoms with Gasteiger partial charge in [-0.1, -0.05) is 12.6 Å². The molecule has 124 valence electrons. The first-order valence-electron chi connectivity index (χ1n) is 7.44. The van der Waals surface area contributed by atoms with Gasteiger partial charge in [-0.3, -0.25) is 9.89 Å². The molecule has 6 nitrogen and oxygen atoms in total. The van der Waals surface area contributed by atoms with Crippen molar-refractivity contribution >= 4 is 17.6 Å². The quantitative estimate of drug-likeness (QED) is 0.930. The number of hydrogen-bond donors (Lipinski definition) is 1. The lowest BCUT2D eigenvalue weighted by atomic mass is 10.1. The Hall–Kier alpha value is -2.50. The van der Waals surface area contributed by atoms with E-state index >= 15 is 0 Å². The van der Waals surface area contributed by atoms with E-state index in [1.807, 2.05) is 43.9 Å². The molecular weight excluding hydrogens is 294 g/mol. The maximum absolute atomic E-state index is 11.7. The number of hydrogen-bond acceptors (Lipinski definition) is 4. The van der Waals surface area contributed by atoms with Crippen molar-refractivity contribution in [3.63, 3.8) is 0 Å². The number of amidine groups is 1. The third-order valence-electron chi connectivity index (χ3n) is 3.19. The van der Waals surface area contributed by atoms with Crippen molar-refractivity contribution in [3.8, 4) is 5.75 Å². The third kappa shape index (κ3) is 4.25. The molecule has 23 heavy (non-hydrogen) atoms. The number of rotatable bonds is 3. The summed E-state index contributed by atoms with van der Waals surface area (Å²) in [6.45, 7) is 10.1. The second-order valence-corrected chi connectivity index (χ2v) is 6.14. The van der Waals surface area contributed by atoms with Crippen LogP contribution in [0, 0.1) is 0 Å². The van der Waals surface area contributed by atoms with Crippen molar-refractivity contribution in [2.45, 2.75) is 32.9 Å². The maximum Gasteiger partial charge on any atom is 0.407 e. The van der Waals surface area contributed by atoms with Crippen LogP contribution in [0.15, 0.2) is 36.0 Å². The largest absolute Gasteiger partial charge is 0.483 e. The molecule has 0 atom stereocenters. The zero-order valence-corrected chi connectivity index (χ0v) is 14.0. The molecule has 1 aromatic rings. The van der Waals surface area contributed by atoms with E-state index in [9.17, 15) is 4.79 Å².